The molecule has 0 amide bonds. The molecule has 0 N–H and O–H groups in total. The highest BCUT2D eigenvalue weighted by Gasteiger charge is 2.15. The normalized spacial score (nSPS) is 11.3. The van der Waals surface area contributed by atoms with Gasteiger partial charge in [-0.1, -0.05) is 48.8 Å². The number of halogens is 1. The molecular weight excluding hydrogens is 328 g/mol. The Morgan fingerprint density at radius 3 is 2.43 bits per heavy atom. The first-order valence-corrected chi connectivity index (χ1v) is 7.65. The van der Waals surface area contributed by atoms with Gasteiger partial charge in [-0.15, -0.1) is 0 Å². The number of hydrogen-bond donors (Lipinski definition) is 0. The van der Waals surface area contributed by atoms with Crippen LogP contribution < -0.4 is 4.74 Å². The second kappa shape index (κ2) is 6.02. The Hall–Kier alpha value is -1.61. The summed E-state index contributed by atoms with van der Waals surface area (Å²) in [6.07, 6.45) is 0. The molecule has 0 bridgehead atoms. The summed E-state index contributed by atoms with van der Waals surface area (Å²) in [6.45, 7) is 8.02. The summed E-state index contributed by atoms with van der Waals surface area (Å²) in [5, 5.41) is 0. The maximum atomic E-state index is 11.7. The molecule has 0 atom stereocenters. The molecule has 2 aromatic rings. The van der Waals surface area contributed by atoms with E-state index in [4.69, 9.17) is 4.74 Å². The maximum absolute atomic E-state index is 11.7. The van der Waals surface area contributed by atoms with Gasteiger partial charge in [-0.3, -0.25) is 4.79 Å². The fourth-order valence-electron chi connectivity index (χ4n) is 2.02. The van der Waals surface area contributed by atoms with Crippen molar-refractivity contribution in [1.29, 1.82) is 0 Å². The zero-order valence-electron chi connectivity index (χ0n) is 12.7. The lowest BCUT2D eigenvalue weighted by Crippen LogP contribution is -2.10. The van der Waals surface area contributed by atoms with Crippen molar-refractivity contribution in [2.75, 3.05) is 0 Å². The van der Waals surface area contributed by atoms with Crippen LogP contribution in [0.3, 0.4) is 0 Å². The van der Waals surface area contributed by atoms with Crippen LogP contribution in [0.1, 0.15) is 43.6 Å². The highest BCUT2D eigenvalue weighted by atomic mass is 79.9. The van der Waals surface area contributed by atoms with E-state index in [-0.39, 0.29) is 11.2 Å². The topological polar surface area (TPSA) is 26.3 Å². The zero-order valence-corrected chi connectivity index (χ0v) is 14.3. The van der Waals surface area contributed by atoms with Gasteiger partial charge in [0.1, 0.15) is 11.5 Å². The number of carbonyl (C=O) groups excluding carboxylic acids is 1. The van der Waals surface area contributed by atoms with E-state index in [1.54, 1.807) is 13.0 Å². The molecule has 0 spiro atoms. The number of ketones is 1. The van der Waals surface area contributed by atoms with E-state index >= 15 is 0 Å². The second-order valence-corrected chi connectivity index (χ2v) is 6.99. The van der Waals surface area contributed by atoms with Crippen molar-refractivity contribution in [3.63, 3.8) is 0 Å². The molecule has 0 unspecified atom stereocenters. The summed E-state index contributed by atoms with van der Waals surface area (Å²) in [4.78, 5) is 11.7. The number of hydrogen-bond acceptors (Lipinski definition) is 2. The lowest BCUT2D eigenvalue weighted by atomic mass is 9.87. The van der Waals surface area contributed by atoms with Gasteiger partial charge in [0.25, 0.3) is 0 Å². The lowest BCUT2D eigenvalue weighted by Gasteiger charge is -2.20. The molecule has 0 heterocycles. The number of carbonyl (C=O) groups is 1. The summed E-state index contributed by atoms with van der Waals surface area (Å²) in [7, 11) is 0. The van der Waals surface area contributed by atoms with Crippen molar-refractivity contribution >= 4 is 21.7 Å². The van der Waals surface area contributed by atoms with Crippen LogP contribution in [0.4, 0.5) is 0 Å². The van der Waals surface area contributed by atoms with Gasteiger partial charge < -0.3 is 4.74 Å². The smallest absolute Gasteiger partial charge is 0.163 e. The van der Waals surface area contributed by atoms with Crippen LogP contribution in [0.15, 0.2) is 46.9 Å². The van der Waals surface area contributed by atoms with Crippen LogP contribution in [0.25, 0.3) is 0 Å². The number of rotatable bonds is 3. The lowest BCUT2D eigenvalue weighted by molar-refractivity contribution is 0.101. The van der Waals surface area contributed by atoms with Crippen LogP contribution in [-0.2, 0) is 5.41 Å². The van der Waals surface area contributed by atoms with Crippen LogP contribution in [0.5, 0.6) is 11.5 Å². The van der Waals surface area contributed by atoms with Crippen molar-refractivity contribution in [2.24, 2.45) is 0 Å². The standard InChI is InChI=1S/C18H19BrO2/c1-12(20)16-11-14(19)8-9-17(16)21-15-7-5-6-13(10-15)18(2,3)4/h5-11H,1-4H3. The van der Waals surface area contributed by atoms with Crippen LogP contribution in [-0.4, -0.2) is 5.78 Å². The van der Waals surface area contributed by atoms with E-state index in [2.05, 4.69) is 42.8 Å². The maximum Gasteiger partial charge on any atom is 0.163 e. The van der Waals surface area contributed by atoms with Gasteiger partial charge in [0.2, 0.25) is 0 Å². The quantitative estimate of drug-likeness (QED) is 0.662. The van der Waals surface area contributed by atoms with Crippen molar-refractivity contribution < 1.29 is 9.53 Å². The van der Waals surface area contributed by atoms with E-state index in [0.29, 0.717) is 11.3 Å². The minimum atomic E-state index is -0.0155. The van der Waals surface area contributed by atoms with E-state index < -0.39 is 0 Å². The first-order chi connectivity index (χ1) is 9.77. The molecule has 2 aromatic carbocycles. The van der Waals surface area contributed by atoms with E-state index in [1.807, 2.05) is 30.3 Å². The van der Waals surface area contributed by atoms with Crippen molar-refractivity contribution in [2.45, 2.75) is 33.1 Å². The van der Waals surface area contributed by atoms with Gasteiger partial charge in [0.15, 0.2) is 5.78 Å². The third kappa shape index (κ3) is 3.94. The average molecular weight is 347 g/mol. The SMILES string of the molecule is CC(=O)c1cc(Br)ccc1Oc1cccc(C(C)(C)C)c1. The molecule has 0 aliphatic rings. The number of ether oxygens (including phenoxy) is 1. The highest BCUT2D eigenvalue weighted by molar-refractivity contribution is 9.10. The second-order valence-electron chi connectivity index (χ2n) is 6.08. The van der Waals surface area contributed by atoms with E-state index in [0.717, 1.165) is 10.2 Å². The molecule has 21 heavy (non-hydrogen) atoms. The Morgan fingerprint density at radius 2 is 1.81 bits per heavy atom. The molecule has 0 aliphatic heterocycles. The first-order valence-electron chi connectivity index (χ1n) is 6.86. The Labute approximate surface area is 134 Å². The minimum Gasteiger partial charge on any atom is -0.457 e. The summed E-state index contributed by atoms with van der Waals surface area (Å²) < 4.78 is 6.78. The third-order valence-corrected chi connectivity index (χ3v) is 3.74. The zero-order chi connectivity index (χ0) is 15.6. The first kappa shape index (κ1) is 15.8. The van der Waals surface area contributed by atoms with Gasteiger partial charge in [0, 0.05) is 4.47 Å². The van der Waals surface area contributed by atoms with Crippen LogP contribution in [0, 0.1) is 0 Å². The summed E-state index contributed by atoms with van der Waals surface area (Å²) >= 11 is 3.38. The molecular formula is C18H19BrO2. The Kier molecular flexibility index (Phi) is 4.52. The summed E-state index contributed by atoms with van der Waals surface area (Å²) in [5.41, 5.74) is 1.83. The van der Waals surface area contributed by atoms with E-state index in [9.17, 15) is 4.79 Å². The highest BCUT2D eigenvalue weighted by Crippen LogP contribution is 2.31. The molecule has 2 rings (SSSR count). The van der Waals surface area contributed by atoms with Gasteiger partial charge in [-0.25, -0.2) is 0 Å². The van der Waals surface area contributed by atoms with Crippen LogP contribution in [0.2, 0.25) is 0 Å². The van der Waals surface area contributed by atoms with Gasteiger partial charge in [0.05, 0.1) is 5.56 Å². The van der Waals surface area contributed by atoms with Gasteiger partial charge in [-0.05, 0) is 48.2 Å². The molecule has 110 valence electrons. The molecule has 0 aromatic heterocycles. The fourth-order valence-corrected chi connectivity index (χ4v) is 2.38. The largest absolute Gasteiger partial charge is 0.457 e. The molecule has 0 fully saturated rings. The monoisotopic (exact) mass is 346 g/mol. The minimum absolute atomic E-state index is 0.0155. The van der Waals surface area contributed by atoms with Gasteiger partial charge in [-0.2, -0.15) is 0 Å². The third-order valence-electron chi connectivity index (χ3n) is 3.25. The number of benzene rings is 2. The summed E-state index contributed by atoms with van der Waals surface area (Å²) in [5.74, 6) is 1.31. The fraction of sp³-hybridized carbons (Fsp3) is 0.278. The average Bonchev–Trinajstić information content (AvgIpc) is 2.40. The van der Waals surface area contributed by atoms with Crippen LogP contribution >= 0.6 is 15.9 Å². The predicted molar refractivity (Wildman–Crippen MR) is 89.4 cm³/mol. The molecule has 2 nitrogen and oxygen atoms in total. The number of Topliss-reactive ketones (excluding diaryl/α,β-unsaturated/α-hetero) is 1. The Balaban J connectivity index is 2.37. The van der Waals surface area contributed by atoms with Gasteiger partial charge >= 0.3 is 0 Å². The van der Waals surface area contributed by atoms with E-state index in [1.165, 1.54) is 5.56 Å². The Morgan fingerprint density at radius 1 is 1.10 bits per heavy atom. The molecule has 0 saturated heterocycles. The predicted octanol–water partition coefficient (Wildman–Crippen LogP) is 5.74. The van der Waals surface area contributed by atoms with Crippen molar-refractivity contribution in [3.05, 3.63) is 58.1 Å². The molecule has 0 aliphatic carbocycles. The molecule has 3 heteroatoms. The molecule has 0 radical (unpaired) electrons. The molecule has 0 saturated carbocycles. The van der Waals surface area contributed by atoms with Crippen molar-refractivity contribution in [3.8, 4) is 11.5 Å². The Bertz CT molecular complexity index is 669. The van der Waals surface area contributed by atoms with Crippen molar-refractivity contribution in [1.82, 2.24) is 0 Å². The summed E-state index contributed by atoms with van der Waals surface area (Å²) in [6, 6.07) is 13.4.